The Kier molecular flexibility index (Phi) is 9.00. The van der Waals surface area contributed by atoms with E-state index in [-0.39, 0.29) is 11.3 Å². The minimum Gasteiger partial charge on any atom is -0.322 e. The van der Waals surface area contributed by atoms with Gasteiger partial charge < -0.3 is 10.6 Å². The van der Waals surface area contributed by atoms with Gasteiger partial charge in [-0.1, -0.05) is 74.3 Å². The number of para-hydroxylation sites is 2. The summed E-state index contributed by atoms with van der Waals surface area (Å²) in [6.45, 7) is 0. The Hall–Kier alpha value is -4.87. The molecule has 3 amide bonds. The molecule has 5 aromatic rings. The first kappa shape index (κ1) is 28.7. The first-order chi connectivity index (χ1) is 20.4. The number of halogens is 2. The number of carbonyl (C=O) groups excluding carboxylic acids is 3. The van der Waals surface area contributed by atoms with Gasteiger partial charge in [0.2, 0.25) is 0 Å². The maximum atomic E-state index is 12.9. The number of nitrogens with zero attached hydrogens (tertiary/aromatic N) is 3. The summed E-state index contributed by atoms with van der Waals surface area (Å²) < 4.78 is 3.51. The van der Waals surface area contributed by atoms with Crippen LogP contribution in [-0.4, -0.2) is 33.7 Å². The molecular weight excluding hydrogens is 664 g/mol. The Morgan fingerprint density at radius 2 is 1.38 bits per heavy atom. The Labute approximate surface area is 257 Å². The molecule has 9 nitrogen and oxygen atoms in total. The average molecular weight is 686 g/mol. The molecule has 0 aliphatic heterocycles. The molecular formula is C31H22Br2N6O3. The van der Waals surface area contributed by atoms with Gasteiger partial charge >= 0.3 is 11.8 Å². The van der Waals surface area contributed by atoms with Crippen LogP contribution in [0.1, 0.15) is 15.9 Å². The summed E-state index contributed by atoms with van der Waals surface area (Å²) in [5.74, 6) is -2.43. The molecule has 1 heterocycles. The first-order valence-corrected chi connectivity index (χ1v) is 14.2. The molecule has 208 valence electrons. The van der Waals surface area contributed by atoms with Crippen LogP contribution in [0.2, 0.25) is 0 Å². The van der Waals surface area contributed by atoms with E-state index in [0.717, 1.165) is 20.2 Å². The average Bonchev–Trinajstić information content (AvgIpc) is 3.43. The van der Waals surface area contributed by atoms with Crippen LogP contribution in [0.25, 0.3) is 16.9 Å². The number of anilines is 2. The third kappa shape index (κ3) is 7.06. The number of nitrogens with one attached hydrogen (secondary N) is 3. The predicted octanol–water partition coefficient (Wildman–Crippen LogP) is 6.41. The second-order valence-electron chi connectivity index (χ2n) is 8.88. The van der Waals surface area contributed by atoms with Gasteiger partial charge in [-0.05, 0) is 60.7 Å². The monoisotopic (exact) mass is 684 g/mol. The second-order valence-corrected chi connectivity index (χ2v) is 10.7. The van der Waals surface area contributed by atoms with E-state index in [0.29, 0.717) is 16.9 Å². The highest BCUT2D eigenvalue weighted by Crippen LogP contribution is 2.25. The molecule has 0 radical (unpaired) electrons. The van der Waals surface area contributed by atoms with E-state index >= 15 is 0 Å². The predicted molar refractivity (Wildman–Crippen MR) is 170 cm³/mol. The van der Waals surface area contributed by atoms with Crippen molar-refractivity contribution in [2.75, 3.05) is 10.6 Å². The number of hydrogen-bond donors (Lipinski definition) is 3. The van der Waals surface area contributed by atoms with Crippen LogP contribution in [-0.2, 0) is 9.59 Å². The molecule has 0 saturated carbocycles. The van der Waals surface area contributed by atoms with Crippen molar-refractivity contribution < 1.29 is 14.4 Å². The lowest BCUT2D eigenvalue weighted by molar-refractivity contribution is -0.136. The number of aromatic nitrogens is 2. The third-order valence-corrected chi connectivity index (χ3v) is 7.04. The molecule has 0 spiro atoms. The van der Waals surface area contributed by atoms with Crippen LogP contribution in [0.15, 0.2) is 123 Å². The van der Waals surface area contributed by atoms with Gasteiger partial charge in [0.15, 0.2) is 0 Å². The van der Waals surface area contributed by atoms with Gasteiger partial charge in [-0.15, -0.1) is 0 Å². The summed E-state index contributed by atoms with van der Waals surface area (Å²) in [6.07, 6.45) is 3.21. The van der Waals surface area contributed by atoms with Crippen molar-refractivity contribution in [1.82, 2.24) is 15.2 Å². The summed E-state index contributed by atoms with van der Waals surface area (Å²) >= 11 is 6.80. The Bertz CT molecular complexity index is 1770. The van der Waals surface area contributed by atoms with E-state index < -0.39 is 17.7 Å². The highest BCUT2D eigenvalue weighted by Gasteiger charge is 2.18. The maximum Gasteiger partial charge on any atom is 0.329 e. The molecule has 1 aromatic heterocycles. The fourth-order valence-corrected chi connectivity index (χ4v) is 4.47. The van der Waals surface area contributed by atoms with Gasteiger partial charge in [0.1, 0.15) is 5.69 Å². The zero-order chi connectivity index (χ0) is 29.5. The van der Waals surface area contributed by atoms with Gasteiger partial charge in [0.05, 0.1) is 23.2 Å². The molecule has 4 aromatic carbocycles. The largest absolute Gasteiger partial charge is 0.329 e. The molecule has 0 saturated heterocycles. The zero-order valence-electron chi connectivity index (χ0n) is 21.8. The molecule has 0 fully saturated rings. The van der Waals surface area contributed by atoms with Crippen molar-refractivity contribution in [3.8, 4) is 16.9 Å². The highest BCUT2D eigenvalue weighted by atomic mass is 79.9. The van der Waals surface area contributed by atoms with Crippen molar-refractivity contribution in [2.24, 2.45) is 5.10 Å². The molecule has 5 rings (SSSR count). The minimum absolute atomic E-state index is 0.179. The number of hydrogen-bond acceptors (Lipinski definition) is 5. The normalized spacial score (nSPS) is 10.8. The van der Waals surface area contributed by atoms with Crippen molar-refractivity contribution in [1.29, 1.82) is 0 Å². The zero-order valence-corrected chi connectivity index (χ0v) is 25.0. The van der Waals surface area contributed by atoms with E-state index in [1.807, 2.05) is 54.6 Å². The van der Waals surface area contributed by atoms with Gasteiger partial charge in [-0.2, -0.15) is 10.2 Å². The quantitative estimate of drug-likeness (QED) is 0.104. The number of hydrazone groups is 1. The fraction of sp³-hybridized carbons (Fsp3) is 0. The summed E-state index contributed by atoms with van der Waals surface area (Å²) in [5.41, 5.74) is 6.15. The summed E-state index contributed by atoms with van der Waals surface area (Å²) in [7, 11) is 0. The number of benzene rings is 4. The van der Waals surface area contributed by atoms with Crippen LogP contribution in [0.3, 0.4) is 0 Å². The molecule has 42 heavy (non-hydrogen) atoms. The van der Waals surface area contributed by atoms with Crippen molar-refractivity contribution >= 4 is 67.2 Å². The van der Waals surface area contributed by atoms with Crippen LogP contribution in [0.4, 0.5) is 11.4 Å². The van der Waals surface area contributed by atoms with Crippen molar-refractivity contribution in [2.45, 2.75) is 0 Å². The van der Waals surface area contributed by atoms with Crippen molar-refractivity contribution in [3.63, 3.8) is 0 Å². The van der Waals surface area contributed by atoms with Crippen LogP contribution in [0, 0.1) is 0 Å². The van der Waals surface area contributed by atoms with Crippen LogP contribution < -0.4 is 16.1 Å². The third-order valence-electron chi connectivity index (χ3n) is 5.98. The minimum atomic E-state index is -1.00. The molecule has 0 bridgehead atoms. The molecule has 3 N–H and O–H groups in total. The topological polar surface area (TPSA) is 117 Å². The van der Waals surface area contributed by atoms with Crippen molar-refractivity contribution in [3.05, 3.63) is 129 Å². The SMILES string of the molecule is O=C(NN=Cc1cn(-c2ccccc2)nc1-c1ccc(Br)cc1)C(=O)Nc1ccccc1C(=O)Nc1ccc(Br)cc1. The number of carbonyl (C=O) groups is 3. The Morgan fingerprint density at radius 1 is 0.738 bits per heavy atom. The molecule has 0 aliphatic rings. The lowest BCUT2D eigenvalue weighted by atomic mass is 10.1. The van der Waals surface area contributed by atoms with Crippen LogP contribution >= 0.6 is 31.9 Å². The summed E-state index contributed by atoms with van der Waals surface area (Å²) in [6, 6.07) is 30.7. The lowest BCUT2D eigenvalue weighted by Gasteiger charge is -2.11. The van der Waals surface area contributed by atoms with Gasteiger partial charge in [0.25, 0.3) is 5.91 Å². The van der Waals surface area contributed by atoms with E-state index in [1.54, 1.807) is 53.3 Å². The maximum absolute atomic E-state index is 12.9. The smallest absolute Gasteiger partial charge is 0.322 e. The molecule has 0 unspecified atom stereocenters. The molecule has 0 aliphatic carbocycles. The fourth-order valence-electron chi connectivity index (χ4n) is 3.94. The molecule has 0 atom stereocenters. The summed E-state index contributed by atoms with van der Waals surface area (Å²) in [4.78, 5) is 38.1. The van der Waals surface area contributed by atoms with Gasteiger partial charge in [-0.3, -0.25) is 14.4 Å². The van der Waals surface area contributed by atoms with Gasteiger partial charge in [0, 0.05) is 32.0 Å². The van der Waals surface area contributed by atoms with E-state index in [9.17, 15) is 14.4 Å². The highest BCUT2D eigenvalue weighted by molar-refractivity contribution is 9.10. The van der Waals surface area contributed by atoms with E-state index in [4.69, 9.17) is 5.10 Å². The standard InChI is InChI=1S/C31H22Br2N6O3/c32-22-12-10-20(11-13-22)28-21(19-39(38-28)25-6-2-1-3-7-25)18-34-37-31(42)30(41)36-27-9-5-4-8-26(27)29(40)35-24-16-14-23(33)15-17-24/h1-19H,(H,35,40)(H,36,41)(H,37,42). The number of amides is 3. The van der Waals surface area contributed by atoms with Gasteiger partial charge in [-0.25, -0.2) is 10.1 Å². The Balaban J connectivity index is 1.29. The first-order valence-electron chi connectivity index (χ1n) is 12.6. The van der Waals surface area contributed by atoms with E-state index in [2.05, 4.69) is 53.0 Å². The second kappa shape index (κ2) is 13.2. The molecule has 11 heteroatoms. The lowest BCUT2D eigenvalue weighted by Crippen LogP contribution is -2.33. The Morgan fingerprint density at radius 3 is 2.10 bits per heavy atom. The van der Waals surface area contributed by atoms with Crippen LogP contribution in [0.5, 0.6) is 0 Å². The summed E-state index contributed by atoms with van der Waals surface area (Å²) in [5, 5.41) is 14.0. The van der Waals surface area contributed by atoms with E-state index in [1.165, 1.54) is 12.3 Å². The number of rotatable bonds is 7.